The van der Waals surface area contributed by atoms with Crippen LogP contribution in [0.15, 0.2) is 42.5 Å². The monoisotopic (exact) mass is 364 g/mol. The van der Waals surface area contributed by atoms with Crippen molar-refractivity contribution in [1.29, 1.82) is 0 Å². The summed E-state index contributed by atoms with van der Waals surface area (Å²) in [5.41, 5.74) is 0.975. The summed E-state index contributed by atoms with van der Waals surface area (Å²) in [5.74, 6) is 8.14. The third-order valence-corrected chi connectivity index (χ3v) is 5.73. The van der Waals surface area contributed by atoms with Gasteiger partial charge in [-0.1, -0.05) is 49.3 Å². The lowest BCUT2D eigenvalue weighted by atomic mass is 9.87. The number of thiophene rings is 1. The highest BCUT2D eigenvalue weighted by Crippen LogP contribution is 2.26. The summed E-state index contributed by atoms with van der Waals surface area (Å²) in [6, 6.07) is 11.5. The summed E-state index contributed by atoms with van der Waals surface area (Å²) >= 11 is 1.47. The van der Waals surface area contributed by atoms with Crippen molar-refractivity contribution < 1.29 is 9.53 Å². The van der Waals surface area contributed by atoms with Crippen LogP contribution in [0.2, 0.25) is 0 Å². The van der Waals surface area contributed by atoms with Gasteiger partial charge in [0.05, 0.1) is 16.9 Å². The molecule has 0 amide bonds. The number of benzene rings is 1. The Morgan fingerprint density at radius 2 is 1.92 bits per heavy atom. The highest BCUT2D eigenvalue weighted by Gasteiger charge is 2.11. The molecule has 1 aliphatic carbocycles. The van der Waals surface area contributed by atoms with Crippen molar-refractivity contribution in [2.45, 2.75) is 38.5 Å². The second-order valence-electron chi connectivity index (χ2n) is 6.64. The molecule has 1 fully saturated rings. The van der Waals surface area contributed by atoms with E-state index in [1.54, 1.807) is 13.2 Å². The van der Waals surface area contributed by atoms with Gasteiger partial charge in [0.1, 0.15) is 5.75 Å². The fraction of sp³-hybridized carbons (Fsp3) is 0.348. The molecule has 134 valence electrons. The Morgan fingerprint density at radius 3 is 2.65 bits per heavy atom. The highest BCUT2D eigenvalue weighted by atomic mass is 32.1. The van der Waals surface area contributed by atoms with Gasteiger partial charge < -0.3 is 4.74 Å². The van der Waals surface area contributed by atoms with E-state index in [9.17, 15) is 4.79 Å². The number of rotatable bonds is 5. The van der Waals surface area contributed by atoms with E-state index in [0.29, 0.717) is 0 Å². The summed E-state index contributed by atoms with van der Waals surface area (Å²) in [4.78, 5) is 14.0. The molecule has 3 rings (SSSR count). The minimum atomic E-state index is 0.0196. The Labute approximate surface area is 159 Å². The molecule has 26 heavy (non-hydrogen) atoms. The molecule has 0 bridgehead atoms. The van der Waals surface area contributed by atoms with Crippen molar-refractivity contribution in [1.82, 2.24) is 0 Å². The van der Waals surface area contributed by atoms with Gasteiger partial charge in [-0.05, 0) is 54.7 Å². The van der Waals surface area contributed by atoms with Crippen molar-refractivity contribution in [3.05, 3.63) is 57.8 Å². The topological polar surface area (TPSA) is 26.3 Å². The molecule has 0 radical (unpaired) electrons. The van der Waals surface area contributed by atoms with Gasteiger partial charge in [0.15, 0.2) is 5.78 Å². The van der Waals surface area contributed by atoms with E-state index in [2.05, 4.69) is 11.8 Å². The smallest absolute Gasteiger partial charge is 0.195 e. The third kappa shape index (κ3) is 5.34. The van der Waals surface area contributed by atoms with E-state index in [0.717, 1.165) is 33.4 Å². The Morgan fingerprint density at radius 1 is 1.15 bits per heavy atom. The number of hydrogen-bond donors (Lipinski definition) is 0. The molecule has 0 unspecified atom stereocenters. The van der Waals surface area contributed by atoms with Crippen LogP contribution in [0.25, 0.3) is 6.08 Å². The second-order valence-corrected chi connectivity index (χ2v) is 7.73. The third-order valence-electron chi connectivity index (χ3n) is 4.72. The predicted octanol–water partition coefficient (Wildman–Crippen LogP) is 5.97. The van der Waals surface area contributed by atoms with Crippen LogP contribution in [0.1, 0.15) is 58.6 Å². The van der Waals surface area contributed by atoms with Gasteiger partial charge in [0.2, 0.25) is 0 Å². The van der Waals surface area contributed by atoms with Crippen LogP contribution in [0.4, 0.5) is 0 Å². The summed E-state index contributed by atoms with van der Waals surface area (Å²) in [7, 11) is 1.64. The van der Waals surface area contributed by atoms with Crippen LogP contribution in [0, 0.1) is 17.8 Å². The first-order valence-corrected chi connectivity index (χ1v) is 10.0. The highest BCUT2D eigenvalue weighted by molar-refractivity contribution is 7.14. The first kappa shape index (κ1) is 18.5. The number of allylic oxidation sites excluding steroid dienone is 1. The lowest BCUT2D eigenvalue weighted by Gasteiger charge is -2.18. The van der Waals surface area contributed by atoms with Gasteiger partial charge in [-0.25, -0.2) is 0 Å². The minimum Gasteiger partial charge on any atom is -0.497 e. The van der Waals surface area contributed by atoms with Crippen LogP contribution >= 0.6 is 11.3 Å². The zero-order valence-corrected chi connectivity index (χ0v) is 16.0. The van der Waals surface area contributed by atoms with Crippen LogP contribution in [0.3, 0.4) is 0 Å². The molecule has 0 atom stereocenters. The van der Waals surface area contributed by atoms with Crippen LogP contribution in [-0.2, 0) is 0 Å². The number of methoxy groups -OCH3 is 1. The van der Waals surface area contributed by atoms with E-state index in [1.807, 2.05) is 42.5 Å². The van der Waals surface area contributed by atoms with E-state index in [1.165, 1.54) is 43.4 Å². The summed E-state index contributed by atoms with van der Waals surface area (Å²) in [5, 5.41) is 0. The maximum atomic E-state index is 12.3. The largest absolute Gasteiger partial charge is 0.497 e. The number of hydrogen-bond acceptors (Lipinski definition) is 3. The standard InChI is InChI=1S/C23H24O2S/c1-25-20-13-10-19(11-14-20)12-16-22(24)23-17-15-21(26-23)9-5-8-18-6-3-2-4-7-18/h10-18H,2-4,6-8H2,1H3. The van der Waals surface area contributed by atoms with Crippen molar-refractivity contribution in [3.63, 3.8) is 0 Å². The predicted molar refractivity (Wildman–Crippen MR) is 109 cm³/mol. The molecule has 1 saturated carbocycles. The minimum absolute atomic E-state index is 0.0196. The van der Waals surface area contributed by atoms with Crippen molar-refractivity contribution in [3.8, 4) is 17.6 Å². The maximum absolute atomic E-state index is 12.3. The molecular formula is C23H24O2S. The lowest BCUT2D eigenvalue weighted by molar-refractivity contribution is 0.105. The molecule has 0 N–H and O–H groups in total. The van der Waals surface area contributed by atoms with Gasteiger partial charge in [-0.3, -0.25) is 4.79 Å². The molecule has 1 aromatic carbocycles. The van der Waals surface area contributed by atoms with Gasteiger partial charge in [0, 0.05) is 6.42 Å². The fourth-order valence-corrected chi connectivity index (χ4v) is 3.98. The van der Waals surface area contributed by atoms with Gasteiger partial charge in [-0.15, -0.1) is 11.3 Å². The van der Waals surface area contributed by atoms with E-state index in [4.69, 9.17) is 4.74 Å². The fourth-order valence-electron chi connectivity index (χ4n) is 3.18. The van der Waals surface area contributed by atoms with Crippen LogP contribution in [0.5, 0.6) is 5.75 Å². The van der Waals surface area contributed by atoms with E-state index < -0.39 is 0 Å². The van der Waals surface area contributed by atoms with E-state index >= 15 is 0 Å². The molecular weight excluding hydrogens is 340 g/mol. The van der Waals surface area contributed by atoms with Gasteiger partial charge >= 0.3 is 0 Å². The number of carbonyl (C=O) groups is 1. The molecule has 1 aliphatic rings. The molecule has 1 aromatic heterocycles. The van der Waals surface area contributed by atoms with Crippen molar-refractivity contribution in [2.24, 2.45) is 5.92 Å². The van der Waals surface area contributed by atoms with Crippen molar-refractivity contribution >= 4 is 23.2 Å². The zero-order valence-electron chi connectivity index (χ0n) is 15.2. The molecule has 0 saturated heterocycles. The van der Waals surface area contributed by atoms with Crippen LogP contribution < -0.4 is 4.74 Å². The Balaban J connectivity index is 1.56. The number of carbonyl (C=O) groups excluding carboxylic acids is 1. The SMILES string of the molecule is COc1ccc(C=CC(=O)c2ccc(C#CCC3CCCCC3)s2)cc1. The van der Waals surface area contributed by atoms with Gasteiger partial charge in [0.25, 0.3) is 0 Å². The second kappa shape index (κ2) is 9.40. The average molecular weight is 365 g/mol. The molecule has 2 nitrogen and oxygen atoms in total. The van der Waals surface area contributed by atoms with Gasteiger partial charge in [-0.2, -0.15) is 0 Å². The molecule has 0 spiro atoms. The molecule has 1 heterocycles. The maximum Gasteiger partial charge on any atom is 0.195 e. The Kier molecular flexibility index (Phi) is 6.68. The number of ketones is 1. The Hall–Kier alpha value is -2.31. The normalized spacial score (nSPS) is 14.8. The molecule has 0 aliphatic heterocycles. The summed E-state index contributed by atoms with van der Waals surface area (Å²) in [6.45, 7) is 0. The number of ether oxygens (including phenoxy) is 1. The summed E-state index contributed by atoms with van der Waals surface area (Å²) in [6.07, 6.45) is 11.2. The quantitative estimate of drug-likeness (QED) is 0.371. The zero-order chi connectivity index (χ0) is 18.2. The summed E-state index contributed by atoms with van der Waals surface area (Å²) < 4.78 is 5.14. The molecule has 3 heteroatoms. The lowest BCUT2D eigenvalue weighted by Crippen LogP contribution is -2.04. The first-order valence-electron chi connectivity index (χ1n) is 9.20. The molecule has 2 aromatic rings. The first-order chi connectivity index (χ1) is 12.7. The van der Waals surface area contributed by atoms with Crippen molar-refractivity contribution in [2.75, 3.05) is 7.11 Å². The Bertz CT molecular complexity index is 812. The van der Waals surface area contributed by atoms with Crippen LogP contribution in [-0.4, -0.2) is 12.9 Å². The average Bonchev–Trinajstić information content (AvgIpc) is 3.16. The van der Waals surface area contributed by atoms with E-state index in [-0.39, 0.29) is 5.78 Å².